The SMILES string of the molecule is CCNC(=NCc1cc(C)oc1C)NCCCOCC. The van der Waals surface area contributed by atoms with E-state index in [2.05, 4.69) is 22.5 Å². The van der Waals surface area contributed by atoms with E-state index in [0.29, 0.717) is 6.54 Å². The van der Waals surface area contributed by atoms with Crippen LogP contribution in [0.4, 0.5) is 0 Å². The summed E-state index contributed by atoms with van der Waals surface area (Å²) in [6.45, 7) is 11.9. The highest BCUT2D eigenvalue weighted by molar-refractivity contribution is 5.79. The number of guanidine groups is 1. The van der Waals surface area contributed by atoms with Crippen molar-refractivity contribution in [1.82, 2.24) is 10.6 Å². The predicted octanol–water partition coefficient (Wildman–Crippen LogP) is 2.38. The summed E-state index contributed by atoms with van der Waals surface area (Å²) in [4.78, 5) is 4.57. The fourth-order valence-corrected chi connectivity index (χ4v) is 1.87. The molecule has 5 nitrogen and oxygen atoms in total. The molecule has 0 aromatic carbocycles. The van der Waals surface area contributed by atoms with E-state index in [0.717, 1.165) is 55.8 Å². The normalized spacial score (nSPS) is 11.7. The van der Waals surface area contributed by atoms with Crippen molar-refractivity contribution >= 4 is 5.96 Å². The zero-order valence-corrected chi connectivity index (χ0v) is 13.1. The minimum Gasteiger partial charge on any atom is -0.466 e. The van der Waals surface area contributed by atoms with Gasteiger partial charge in [0.15, 0.2) is 5.96 Å². The molecule has 0 atom stereocenters. The third kappa shape index (κ3) is 6.10. The van der Waals surface area contributed by atoms with Crippen molar-refractivity contribution in [2.24, 2.45) is 4.99 Å². The van der Waals surface area contributed by atoms with Gasteiger partial charge in [-0.15, -0.1) is 0 Å². The molecule has 0 amide bonds. The summed E-state index contributed by atoms with van der Waals surface area (Å²) in [5, 5.41) is 6.54. The monoisotopic (exact) mass is 281 g/mol. The Labute approximate surface area is 121 Å². The molecule has 0 spiro atoms. The second-order valence-corrected chi connectivity index (χ2v) is 4.61. The third-order valence-corrected chi connectivity index (χ3v) is 2.86. The quantitative estimate of drug-likeness (QED) is 0.436. The third-order valence-electron chi connectivity index (χ3n) is 2.86. The molecular formula is C15H27N3O2. The zero-order valence-electron chi connectivity index (χ0n) is 13.1. The van der Waals surface area contributed by atoms with Gasteiger partial charge in [-0.2, -0.15) is 0 Å². The largest absolute Gasteiger partial charge is 0.466 e. The maximum absolute atomic E-state index is 5.51. The average Bonchev–Trinajstić information content (AvgIpc) is 2.74. The highest BCUT2D eigenvalue weighted by Gasteiger charge is 2.04. The van der Waals surface area contributed by atoms with Gasteiger partial charge < -0.3 is 19.8 Å². The summed E-state index contributed by atoms with van der Waals surface area (Å²) < 4.78 is 10.8. The van der Waals surface area contributed by atoms with Gasteiger partial charge in [-0.3, -0.25) is 0 Å². The molecule has 0 radical (unpaired) electrons. The van der Waals surface area contributed by atoms with Crippen molar-refractivity contribution in [2.75, 3.05) is 26.3 Å². The molecule has 20 heavy (non-hydrogen) atoms. The van der Waals surface area contributed by atoms with E-state index < -0.39 is 0 Å². The molecule has 2 N–H and O–H groups in total. The second kappa shape index (κ2) is 9.42. The van der Waals surface area contributed by atoms with Crippen LogP contribution >= 0.6 is 0 Å². The lowest BCUT2D eigenvalue weighted by Crippen LogP contribution is -2.38. The van der Waals surface area contributed by atoms with Gasteiger partial charge in [-0.05, 0) is 40.2 Å². The standard InChI is InChI=1S/C15H27N3O2/c1-5-16-15(17-8-7-9-19-6-2)18-11-14-10-12(3)20-13(14)4/h10H,5-9,11H2,1-4H3,(H2,16,17,18). The van der Waals surface area contributed by atoms with Crippen molar-refractivity contribution in [3.8, 4) is 0 Å². The molecule has 114 valence electrons. The molecule has 1 aromatic heterocycles. The number of hydrogen-bond donors (Lipinski definition) is 2. The number of aryl methyl sites for hydroxylation is 2. The van der Waals surface area contributed by atoms with Crippen LogP contribution in [0.2, 0.25) is 0 Å². The van der Waals surface area contributed by atoms with Crippen LogP contribution in [0, 0.1) is 13.8 Å². The topological polar surface area (TPSA) is 58.8 Å². The van der Waals surface area contributed by atoms with Gasteiger partial charge in [0.1, 0.15) is 11.5 Å². The van der Waals surface area contributed by atoms with Crippen molar-refractivity contribution < 1.29 is 9.15 Å². The number of rotatable bonds is 8. The lowest BCUT2D eigenvalue weighted by atomic mass is 10.2. The first-order valence-electron chi connectivity index (χ1n) is 7.33. The first-order chi connectivity index (χ1) is 9.67. The molecule has 0 fully saturated rings. The Balaban J connectivity index is 2.43. The van der Waals surface area contributed by atoms with Crippen LogP contribution < -0.4 is 10.6 Å². The molecule has 1 heterocycles. The Morgan fingerprint density at radius 3 is 2.70 bits per heavy atom. The second-order valence-electron chi connectivity index (χ2n) is 4.61. The van der Waals surface area contributed by atoms with Crippen LogP contribution in [0.5, 0.6) is 0 Å². The van der Waals surface area contributed by atoms with Crippen molar-refractivity contribution in [3.05, 3.63) is 23.2 Å². The Morgan fingerprint density at radius 2 is 2.10 bits per heavy atom. The molecule has 0 saturated carbocycles. The van der Waals surface area contributed by atoms with Crippen LogP contribution in [-0.2, 0) is 11.3 Å². The van der Waals surface area contributed by atoms with Gasteiger partial charge in [0.05, 0.1) is 6.54 Å². The molecular weight excluding hydrogens is 254 g/mol. The fraction of sp³-hybridized carbons (Fsp3) is 0.667. The molecule has 0 saturated heterocycles. The summed E-state index contributed by atoms with van der Waals surface area (Å²) in [6.07, 6.45) is 0.974. The summed E-state index contributed by atoms with van der Waals surface area (Å²) in [6, 6.07) is 2.04. The van der Waals surface area contributed by atoms with E-state index in [4.69, 9.17) is 9.15 Å². The molecule has 5 heteroatoms. The van der Waals surface area contributed by atoms with Crippen LogP contribution in [0.3, 0.4) is 0 Å². The maximum Gasteiger partial charge on any atom is 0.191 e. The van der Waals surface area contributed by atoms with Gasteiger partial charge in [-0.1, -0.05) is 0 Å². The molecule has 0 aliphatic heterocycles. The molecule has 0 bridgehead atoms. The van der Waals surface area contributed by atoms with Gasteiger partial charge in [-0.25, -0.2) is 4.99 Å². The first-order valence-corrected chi connectivity index (χ1v) is 7.33. The molecule has 1 aromatic rings. The van der Waals surface area contributed by atoms with Crippen molar-refractivity contribution in [2.45, 2.75) is 40.7 Å². The van der Waals surface area contributed by atoms with Gasteiger partial charge >= 0.3 is 0 Å². The van der Waals surface area contributed by atoms with Crippen LogP contribution in [-0.4, -0.2) is 32.3 Å². The van der Waals surface area contributed by atoms with E-state index >= 15 is 0 Å². The van der Waals surface area contributed by atoms with Crippen molar-refractivity contribution in [3.63, 3.8) is 0 Å². The van der Waals surface area contributed by atoms with Gasteiger partial charge in [0.2, 0.25) is 0 Å². The summed E-state index contributed by atoms with van der Waals surface area (Å²) in [7, 11) is 0. The maximum atomic E-state index is 5.51. The number of nitrogens with zero attached hydrogens (tertiary/aromatic N) is 1. The minimum atomic E-state index is 0.629. The lowest BCUT2D eigenvalue weighted by Gasteiger charge is -2.11. The summed E-state index contributed by atoms with van der Waals surface area (Å²) >= 11 is 0. The van der Waals surface area contributed by atoms with E-state index in [-0.39, 0.29) is 0 Å². The van der Waals surface area contributed by atoms with E-state index in [1.54, 1.807) is 0 Å². The first kappa shape index (κ1) is 16.6. The number of aliphatic imine (C=N–C) groups is 1. The number of hydrogen-bond acceptors (Lipinski definition) is 3. The van der Waals surface area contributed by atoms with Crippen LogP contribution in [0.25, 0.3) is 0 Å². The van der Waals surface area contributed by atoms with Gasteiger partial charge in [0.25, 0.3) is 0 Å². The van der Waals surface area contributed by atoms with E-state index in [1.165, 1.54) is 0 Å². The average molecular weight is 281 g/mol. The van der Waals surface area contributed by atoms with E-state index in [9.17, 15) is 0 Å². The van der Waals surface area contributed by atoms with Crippen LogP contribution in [0.15, 0.2) is 15.5 Å². The minimum absolute atomic E-state index is 0.629. The Kier molecular flexibility index (Phi) is 7.80. The highest BCUT2D eigenvalue weighted by Crippen LogP contribution is 2.14. The number of nitrogens with one attached hydrogen (secondary N) is 2. The number of furan rings is 1. The fourth-order valence-electron chi connectivity index (χ4n) is 1.87. The Bertz CT molecular complexity index is 413. The Morgan fingerprint density at radius 1 is 1.30 bits per heavy atom. The number of ether oxygens (including phenoxy) is 1. The zero-order chi connectivity index (χ0) is 14.8. The summed E-state index contributed by atoms with van der Waals surface area (Å²) in [5.41, 5.74) is 1.13. The highest BCUT2D eigenvalue weighted by atomic mass is 16.5. The smallest absolute Gasteiger partial charge is 0.191 e. The predicted molar refractivity (Wildman–Crippen MR) is 82.1 cm³/mol. The molecule has 0 aliphatic rings. The van der Waals surface area contributed by atoms with Gasteiger partial charge in [0, 0.05) is 31.9 Å². The van der Waals surface area contributed by atoms with Crippen molar-refractivity contribution in [1.29, 1.82) is 0 Å². The molecule has 0 aliphatic carbocycles. The lowest BCUT2D eigenvalue weighted by molar-refractivity contribution is 0.145. The molecule has 0 unspecified atom stereocenters. The van der Waals surface area contributed by atoms with Crippen LogP contribution in [0.1, 0.15) is 37.4 Å². The molecule has 1 rings (SSSR count). The Hall–Kier alpha value is -1.49. The summed E-state index contributed by atoms with van der Waals surface area (Å²) in [5.74, 6) is 2.71. The van der Waals surface area contributed by atoms with E-state index in [1.807, 2.05) is 26.8 Å².